The van der Waals surface area contributed by atoms with Gasteiger partial charge in [-0.1, -0.05) is 126 Å². The van der Waals surface area contributed by atoms with Crippen LogP contribution in [0.15, 0.2) is 246 Å². The quantitative estimate of drug-likeness (QED) is 0.0269. The third-order valence-electron chi connectivity index (χ3n) is 18.7. The molecule has 0 aliphatic carbocycles. The smallest absolute Gasteiger partial charge is 0.264 e. The molecule has 0 saturated carbocycles. The molecule has 0 spiro atoms. The number of para-hydroxylation sites is 3. The second-order valence-electron chi connectivity index (χ2n) is 26.4. The van der Waals surface area contributed by atoms with Gasteiger partial charge in [0.05, 0.1) is 65.2 Å². The minimum atomic E-state index is -2.20. The first-order chi connectivity index (χ1) is 53.8. The maximum absolute atomic E-state index is 14.1. The molecule has 0 aliphatic rings. The largest absolute Gasteiger partial charge is 0.371 e. The van der Waals surface area contributed by atoms with Crippen molar-refractivity contribution in [3.63, 3.8) is 0 Å². The first-order valence-corrected chi connectivity index (χ1v) is 44.7. The van der Waals surface area contributed by atoms with Gasteiger partial charge in [0.25, 0.3) is 16.7 Å². The van der Waals surface area contributed by atoms with E-state index in [1.807, 2.05) is 197 Å². The molecule has 23 nitrogen and oxygen atoms in total. The molecule has 0 fully saturated rings. The van der Waals surface area contributed by atoms with Crippen LogP contribution in [-0.4, -0.2) is 82.6 Å². The zero-order valence-electron chi connectivity index (χ0n) is 62.5. The zero-order chi connectivity index (χ0) is 79.0. The molecule has 0 bridgehead atoms. The van der Waals surface area contributed by atoms with Gasteiger partial charge in [-0.15, -0.1) is 0 Å². The number of pyridine rings is 3. The number of halogens is 2. The molecule has 26 heteroatoms. The molecule has 6 aromatic carbocycles. The summed E-state index contributed by atoms with van der Waals surface area (Å²) in [6.07, 6.45) is 21.4. The average molecular weight is 1630 g/mol. The van der Waals surface area contributed by atoms with E-state index in [1.165, 1.54) is 64.2 Å². The van der Waals surface area contributed by atoms with Crippen molar-refractivity contribution in [2.45, 2.75) is 112 Å². The zero-order valence-corrected chi connectivity index (χ0v) is 66.9. The number of nitrogen functional groups attached to an aromatic ring is 2. The molecular weight excluding hydrogens is 1540 g/mol. The van der Waals surface area contributed by atoms with Crippen molar-refractivity contribution < 1.29 is 0 Å². The Morgan fingerprint density at radius 2 is 0.856 bits per heavy atom. The summed E-state index contributed by atoms with van der Waals surface area (Å²) in [5.41, 5.74) is 31.1. The summed E-state index contributed by atoms with van der Waals surface area (Å²) in [5.74, 6) is 0.447. The first-order valence-electron chi connectivity index (χ1n) is 36.5. The number of fused-ring (bicyclic) bond motifs is 3. The van der Waals surface area contributed by atoms with Gasteiger partial charge in [-0.05, 0) is 121 Å². The molecule has 0 saturated heterocycles. The molecular formula is C85H86Cl2N20O3Sn. The summed E-state index contributed by atoms with van der Waals surface area (Å²) in [4.78, 5) is 62.3. The summed E-state index contributed by atoms with van der Waals surface area (Å²) in [6.45, 7) is 26.6. The van der Waals surface area contributed by atoms with Crippen molar-refractivity contribution in [1.82, 2.24) is 64.2 Å². The third-order valence-corrected chi connectivity index (χ3v) is 34.9. The van der Waals surface area contributed by atoms with Gasteiger partial charge in [0.15, 0.2) is 0 Å². The van der Waals surface area contributed by atoms with Gasteiger partial charge < -0.3 is 28.3 Å². The molecule has 14 rings (SSSR count). The fourth-order valence-corrected chi connectivity index (χ4v) is 29.3. The normalized spacial score (nSPS) is 11.7. The van der Waals surface area contributed by atoms with Gasteiger partial charge in [-0.3, -0.25) is 28.1 Å². The monoisotopic (exact) mass is 1620 g/mol. The van der Waals surface area contributed by atoms with E-state index in [9.17, 15) is 14.4 Å². The van der Waals surface area contributed by atoms with Gasteiger partial charge in [0.2, 0.25) is 23.3 Å². The predicted octanol–water partition coefficient (Wildman–Crippen LogP) is 17.5. The Balaban J connectivity index is 0.000000154. The molecule has 14 aromatic rings. The van der Waals surface area contributed by atoms with Crippen molar-refractivity contribution in [3.8, 4) is 39.3 Å². The van der Waals surface area contributed by atoms with Crippen LogP contribution in [0.1, 0.15) is 115 Å². The predicted molar refractivity (Wildman–Crippen MR) is 450 cm³/mol. The van der Waals surface area contributed by atoms with Gasteiger partial charge in [0.1, 0.15) is 11.0 Å². The van der Waals surface area contributed by atoms with E-state index in [1.54, 1.807) is 48.1 Å². The van der Waals surface area contributed by atoms with E-state index < -0.39 is 24.4 Å². The average Bonchev–Trinajstić information content (AvgIpc) is 0.765. The number of benzene rings is 6. The van der Waals surface area contributed by atoms with Crippen molar-refractivity contribution >= 4 is 107 Å². The van der Waals surface area contributed by atoms with Crippen LogP contribution in [-0.2, 0) is 0 Å². The standard InChI is InChI=1S/C26H20N8O.C21H18N4O.C17H15ClN2O.C5H3ClN4.C4H3N2.3C4H9.Sn/c1-16(32-24-21(28-2)15-29-26(27)33-24)22-13-17-7-6-10-20(18-11-12-30-31-14-18)23(17)25(35)34(22)19-8-4-3-5-9-19;1-14(22)19-12-15-6-5-9-18(16-10-11-23-24-13-16)20(15)21(26)25(19)17-7-3-2-4-8-17;1-11(19)15-10-12-6-5-9-14(18)16(12)17(21)20(15)13-7-3-2-4-8-13;1-8-3-2-9-5(7)10-4(3)6;1-2-4-6-5-3-1;3*1-3-4-2;/h3-16H,1H3,(H3,27,29,32,33);2-14H,22H2,1H3;2-11H,19H2,1H3;2H,(H2,7,9,10);1,3-4H;3*1,3-4H2,2H3;/t16-;14-;11-;;;;;;/m000....../s1. The van der Waals surface area contributed by atoms with Crippen molar-refractivity contribution in [1.29, 1.82) is 0 Å². The Hall–Kier alpha value is -12.0. The van der Waals surface area contributed by atoms with Crippen LogP contribution < -0.4 is 48.5 Å². The van der Waals surface area contributed by atoms with E-state index in [-0.39, 0.29) is 57.2 Å². The number of hydrogen-bond donors (Lipinski definition) is 5. The SMILES string of the molecule is CCC[CH2][Sn]([CH2]CCC)([CH2]CCC)[c]1ccnnc1.C[C@H](N)c1cc2cccc(-c3ccnnc3)c2c(=O)n1-c1ccccc1.C[C@H](N)c1cc2cccc(Cl)c2c(=O)n1-c1ccccc1.[C-]#[N+]c1cnc(N)nc1Cl.[C-]#[N+]c1cnc(N)nc1N[C@@H](C)c1cc2cccc(-c3ccnnc3)c2c(=O)n1-c1ccccc1. The van der Waals surface area contributed by atoms with Crippen LogP contribution in [0, 0.1) is 13.1 Å². The maximum atomic E-state index is 14.1. The second kappa shape index (κ2) is 39.4. The molecule has 0 unspecified atom stereocenters. The minimum Gasteiger partial charge on any atom is -0.371 e. The number of nitrogens with two attached hydrogens (primary N) is 4. The Kier molecular flexibility index (Phi) is 29.0. The molecule has 0 aliphatic heterocycles. The molecule has 0 amide bonds. The van der Waals surface area contributed by atoms with Gasteiger partial charge in [-0.2, -0.15) is 20.4 Å². The maximum Gasteiger partial charge on any atom is 0.264 e. The van der Waals surface area contributed by atoms with E-state index in [0.717, 1.165) is 66.9 Å². The summed E-state index contributed by atoms with van der Waals surface area (Å²) in [5, 5.41) is 31.8. The number of rotatable bonds is 20. The molecule has 8 aromatic heterocycles. The third kappa shape index (κ3) is 19.9. The number of hydrogen-bond acceptors (Lipinski definition) is 18. The Morgan fingerprint density at radius 1 is 0.459 bits per heavy atom. The van der Waals surface area contributed by atoms with E-state index in [2.05, 4.69) is 98.6 Å². The second-order valence-corrected chi connectivity index (χ2v) is 40.4. The van der Waals surface area contributed by atoms with Crippen LogP contribution in [0.4, 0.5) is 29.1 Å². The number of nitrogens with one attached hydrogen (secondary N) is 1. The summed E-state index contributed by atoms with van der Waals surface area (Å²) in [6, 6.07) is 56.4. The van der Waals surface area contributed by atoms with Crippen LogP contribution in [0.5, 0.6) is 0 Å². The van der Waals surface area contributed by atoms with Crippen molar-refractivity contribution in [2.24, 2.45) is 11.5 Å². The van der Waals surface area contributed by atoms with E-state index in [0.29, 0.717) is 32.7 Å². The number of nitrogens with zero attached hydrogens (tertiary/aromatic N) is 15. The van der Waals surface area contributed by atoms with Crippen LogP contribution in [0.25, 0.3) is 81.3 Å². The summed E-state index contributed by atoms with van der Waals surface area (Å²) < 4.78 is 11.2. The number of aromatic nitrogens is 13. The van der Waals surface area contributed by atoms with Gasteiger partial charge in [0, 0.05) is 69.7 Å². The van der Waals surface area contributed by atoms with Gasteiger partial charge in [-0.25, -0.2) is 29.6 Å². The van der Waals surface area contributed by atoms with Crippen molar-refractivity contribution in [3.05, 3.63) is 313 Å². The van der Waals surface area contributed by atoms with Crippen LogP contribution in [0.2, 0.25) is 23.5 Å². The van der Waals surface area contributed by atoms with E-state index in [4.69, 9.17) is 59.3 Å². The van der Waals surface area contributed by atoms with Crippen molar-refractivity contribution in [2.75, 3.05) is 16.8 Å². The van der Waals surface area contributed by atoms with Crippen LogP contribution in [0.3, 0.4) is 0 Å². The Bertz CT molecular complexity index is 5720. The Morgan fingerprint density at radius 3 is 1.26 bits per heavy atom. The van der Waals surface area contributed by atoms with E-state index >= 15 is 0 Å². The molecule has 562 valence electrons. The molecule has 0 radical (unpaired) electrons. The summed E-state index contributed by atoms with van der Waals surface area (Å²) in [7, 11) is 0. The van der Waals surface area contributed by atoms with Gasteiger partial charge >= 0.3 is 123 Å². The fourth-order valence-electron chi connectivity index (χ4n) is 13.3. The Labute approximate surface area is 658 Å². The minimum absolute atomic E-state index is 0.0571. The number of unbranched alkanes of at least 4 members (excludes halogenated alkanes) is 3. The molecule has 9 N–H and O–H groups in total. The topological polar surface area (TPSA) is 320 Å². The number of anilines is 3. The van der Waals surface area contributed by atoms with Crippen LogP contribution >= 0.6 is 23.2 Å². The first kappa shape index (κ1) is 81.5. The molecule has 111 heavy (non-hydrogen) atoms. The summed E-state index contributed by atoms with van der Waals surface area (Å²) >= 11 is 9.50. The molecule has 3 atom stereocenters. The molecule has 8 heterocycles. The fraction of sp³-hybridized carbons (Fsp3) is 0.212.